The van der Waals surface area contributed by atoms with Crippen LogP contribution in [0, 0.1) is 5.82 Å². The molecule has 10 heteroatoms. The molecule has 27 heavy (non-hydrogen) atoms. The number of halogens is 4. The Labute approximate surface area is 149 Å². The predicted molar refractivity (Wildman–Crippen MR) is 84.0 cm³/mol. The van der Waals surface area contributed by atoms with Crippen LogP contribution in [0.1, 0.15) is 21.8 Å². The van der Waals surface area contributed by atoms with Gasteiger partial charge in [-0.2, -0.15) is 18.2 Å². The second-order valence-electron chi connectivity index (χ2n) is 5.42. The molecule has 140 valence electrons. The van der Waals surface area contributed by atoms with E-state index in [1.54, 1.807) is 12.1 Å². The number of aromatic nitrogens is 2. The fraction of sp³-hybridized carbons (Fsp3) is 0.118. The molecule has 3 rings (SSSR count). The SMILES string of the molecule is NC(=O)c1cccc(OCc2ccc(-c3noc(C(F)(F)F)n3)c(F)c2)c1. The first-order valence-corrected chi connectivity index (χ1v) is 7.46. The van der Waals surface area contributed by atoms with Crippen molar-refractivity contribution in [3.8, 4) is 17.1 Å². The molecule has 0 aliphatic rings. The molecule has 0 atom stereocenters. The summed E-state index contributed by atoms with van der Waals surface area (Å²) in [6.45, 7) is -0.0422. The molecule has 2 N–H and O–H groups in total. The molecule has 0 saturated carbocycles. The van der Waals surface area contributed by atoms with Crippen molar-refractivity contribution in [3.63, 3.8) is 0 Å². The van der Waals surface area contributed by atoms with Gasteiger partial charge in [-0.15, -0.1) is 0 Å². The minimum absolute atomic E-state index is 0.0422. The Morgan fingerprint density at radius 1 is 1.19 bits per heavy atom. The van der Waals surface area contributed by atoms with Crippen LogP contribution in [0.25, 0.3) is 11.4 Å². The fourth-order valence-electron chi connectivity index (χ4n) is 2.18. The molecule has 1 aromatic heterocycles. The maximum absolute atomic E-state index is 14.2. The second kappa shape index (κ2) is 7.06. The van der Waals surface area contributed by atoms with E-state index in [1.165, 1.54) is 24.3 Å². The third-order valence-electron chi connectivity index (χ3n) is 3.47. The topological polar surface area (TPSA) is 91.2 Å². The number of nitrogens with two attached hydrogens (primary N) is 1. The van der Waals surface area contributed by atoms with Crippen LogP contribution in [0.3, 0.4) is 0 Å². The maximum Gasteiger partial charge on any atom is 0.471 e. The van der Waals surface area contributed by atoms with Crippen LogP contribution >= 0.6 is 0 Å². The smallest absolute Gasteiger partial charge is 0.471 e. The minimum atomic E-state index is -4.81. The highest BCUT2D eigenvalue weighted by molar-refractivity contribution is 5.93. The quantitative estimate of drug-likeness (QED) is 0.682. The highest BCUT2D eigenvalue weighted by atomic mass is 19.4. The van der Waals surface area contributed by atoms with E-state index < -0.39 is 29.6 Å². The average molecular weight is 381 g/mol. The largest absolute Gasteiger partial charge is 0.489 e. The standard InChI is InChI=1S/C17H11F4N3O3/c18-13-6-9(8-26-11-3-1-2-10(7-11)14(22)25)4-5-12(13)15-23-16(27-24-15)17(19,20)21/h1-7H,8H2,(H2,22,25). The van der Waals surface area contributed by atoms with Crippen molar-refractivity contribution >= 4 is 5.91 Å². The molecule has 1 heterocycles. The van der Waals surface area contributed by atoms with Crippen molar-refractivity contribution in [1.29, 1.82) is 0 Å². The predicted octanol–water partition coefficient (Wildman–Crippen LogP) is 3.57. The number of carbonyl (C=O) groups is 1. The molecular weight excluding hydrogens is 370 g/mol. The summed E-state index contributed by atoms with van der Waals surface area (Å²) in [4.78, 5) is 14.3. The first kappa shape index (κ1) is 18.4. The van der Waals surface area contributed by atoms with Gasteiger partial charge < -0.3 is 15.0 Å². The van der Waals surface area contributed by atoms with Gasteiger partial charge in [0, 0.05) is 5.56 Å². The normalized spacial score (nSPS) is 11.4. The molecule has 0 fully saturated rings. The molecule has 0 unspecified atom stereocenters. The van der Waals surface area contributed by atoms with Gasteiger partial charge in [-0.05, 0) is 35.9 Å². The lowest BCUT2D eigenvalue weighted by atomic mass is 10.1. The Hall–Kier alpha value is -3.43. The number of ether oxygens (including phenoxy) is 1. The van der Waals surface area contributed by atoms with Gasteiger partial charge in [-0.3, -0.25) is 4.79 Å². The van der Waals surface area contributed by atoms with Crippen LogP contribution in [0.5, 0.6) is 5.75 Å². The molecule has 0 radical (unpaired) electrons. The van der Waals surface area contributed by atoms with E-state index >= 15 is 0 Å². The van der Waals surface area contributed by atoms with Crippen molar-refractivity contribution in [3.05, 3.63) is 65.3 Å². The molecule has 0 spiro atoms. The number of carbonyl (C=O) groups excluding carboxylic acids is 1. The zero-order chi connectivity index (χ0) is 19.6. The van der Waals surface area contributed by atoms with E-state index in [2.05, 4.69) is 14.7 Å². The highest BCUT2D eigenvalue weighted by Crippen LogP contribution is 2.30. The van der Waals surface area contributed by atoms with Crippen molar-refractivity contribution in [2.75, 3.05) is 0 Å². The zero-order valence-corrected chi connectivity index (χ0v) is 13.5. The number of rotatable bonds is 5. The molecule has 0 aliphatic carbocycles. The Balaban J connectivity index is 1.74. The molecular formula is C17H11F4N3O3. The zero-order valence-electron chi connectivity index (χ0n) is 13.5. The monoisotopic (exact) mass is 381 g/mol. The molecule has 0 bridgehead atoms. The van der Waals surface area contributed by atoms with E-state index in [-0.39, 0.29) is 17.7 Å². The first-order chi connectivity index (χ1) is 12.7. The number of amides is 1. The van der Waals surface area contributed by atoms with E-state index in [9.17, 15) is 22.4 Å². The van der Waals surface area contributed by atoms with E-state index in [4.69, 9.17) is 10.5 Å². The number of hydrogen-bond acceptors (Lipinski definition) is 5. The van der Waals surface area contributed by atoms with Gasteiger partial charge in [0.1, 0.15) is 18.2 Å². The van der Waals surface area contributed by atoms with Crippen molar-refractivity contribution in [2.45, 2.75) is 12.8 Å². The van der Waals surface area contributed by atoms with E-state index in [0.717, 1.165) is 6.07 Å². The van der Waals surface area contributed by atoms with Crippen molar-refractivity contribution < 1.29 is 31.6 Å². The van der Waals surface area contributed by atoms with Gasteiger partial charge in [0.05, 0.1) is 5.56 Å². The Morgan fingerprint density at radius 3 is 2.59 bits per heavy atom. The van der Waals surface area contributed by atoms with Crippen LogP contribution in [-0.4, -0.2) is 16.0 Å². The summed E-state index contributed by atoms with van der Waals surface area (Å²) in [5, 5.41) is 3.14. The molecule has 2 aromatic carbocycles. The third-order valence-corrected chi connectivity index (χ3v) is 3.47. The summed E-state index contributed by atoms with van der Waals surface area (Å²) in [6, 6.07) is 9.87. The molecule has 1 amide bonds. The lowest BCUT2D eigenvalue weighted by Crippen LogP contribution is -2.10. The fourth-order valence-corrected chi connectivity index (χ4v) is 2.18. The van der Waals surface area contributed by atoms with Gasteiger partial charge in [0.2, 0.25) is 11.7 Å². The Morgan fingerprint density at radius 2 is 1.96 bits per heavy atom. The number of hydrogen-bond donors (Lipinski definition) is 1. The second-order valence-corrected chi connectivity index (χ2v) is 5.42. The summed E-state index contributed by atoms with van der Waals surface area (Å²) in [7, 11) is 0. The third kappa shape index (κ3) is 4.22. The van der Waals surface area contributed by atoms with Crippen LogP contribution in [0.4, 0.5) is 17.6 Å². The number of benzene rings is 2. The van der Waals surface area contributed by atoms with Crippen LogP contribution in [0.2, 0.25) is 0 Å². The van der Waals surface area contributed by atoms with Gasteiger partial charge in [-0.25, -0.2) is 4.39 Å². The maximum atomic E-state index is 14.2. The number of nitrogens with zero attached hydrogens (tertiary/aromatic N) is 2. The van der Waals surface area contributed by atoms with E-state index in [1.807, 2.05) is 0 Å². The van der Waals surface area contributed by atoms with Gasteiger partial charge in [0.15, 0.2) is 0 Å². The first-order valence-electron chi connectivity index (χ1n) is 7.46. The molecule has 0 aliphatic heterocycles. The Kier molecular flexibility index (Phi) is 4.80. The van der Waals surface area contributed by atoms with Gasteiger partial charge >= 0.3 is 12.1 Å². The summed E-state index contributed by atoms with van der Waals surface area (Å²) < 4.78 is 61.2. The average Bonchev–Trinajstić information content (AvgIpc) is 3.10. The number of primary amides is 1. The summed E-state index contributed by atoms with van der Waals surface area (Å²) in [6.07, 6.45) is -4.81. The minimum Gasteiger partial charge on any atom is -0.489 e. The highest BCUT2D eigenvalue weighted by Gasteiger charge is 2.38. The van der Waals surface area contributed by atoms with Crippen LogP contribution < -0.4 is 10.5 Å². The molecule has 6 nitrogen and oxygen atoms in total. The Bertz CT molecular complexity index is 986. The summed E-state index contributed by atoms with van der Waals surface area (Å²) >= 11 is 0. The van der Waals surface area contributed by atoms with Crippen molar-refractivity contribution in [2.24, 2.45) is 5.73 Å². The molecule has 3 aromatic rings. The van der Waals surface area contributed by atoms with Gasteiger partial charge in [-0.1, -0.05) is 17.3 Å². The lowest BCUT2D eigenvalue weighted by molar-refractivity contribution is -0.159. The van der Waals surface area contributed by atoms with Crippen molar-refractivity contribution in [1.82, 2.24) is 10.1 Å². The van der Waals surface area contributed by atoms with Crippen LogP contribution in [0.15, 0.2) is 47.0 Å². The summed E-state index contributed by atoms with van der Waals surface area (Å²) in [5.74, 6) is -3.17. The lowest BCUT2D eigenvalue weighted by Gasteiger charge is -2.08. The van der Waals surface area contributed by atoms with E-state index in [0.29, 0.717) is 11.3 Å². The van der Waals surface area contributed by atoms with Gasteiger partial charge in [0.25, 0.3) is 0 Å². The molecule has 0 saturated heterocycles. The number of alkyl halides is 3. The van der Waals surface area contributed by atoms with Crippen LogP contribution in [-0.2, 0) is 12.8 Å². The summed E-state index contributed by atoms with van der Waals surface area (Å²) in [5.41, 5.74) is 5.59.